The van der Waals surface area contributed by atoms with Gasteiger partial charge in [0.25, 0.3) is 5.69 Å². The molecule has 1 heterocycles. The molecule has 0 saturated carbocycles. The van der Waals surface area contributed by atoms with E-state index in [1.807, 2.05) is 31.2 Å². The zero-order valence-corrected chi connectivity index (χ0v) is 12.4. The lowest BCUT2D eigenvalue weighted by molar-refractivity contribution is -0.384. The summed E-state index contributed by atoms with van der Waals surface area (Å²) in [5.41, 5.74) is 2.34. The van der Waals surface area contributed by atoms with Crippen LogP contribution in [-0.2, 0) is 0 Å². The second-order valence-corrected chi connectivity index (χ2v) is 4.95. The lowest BCUT2D eigenvalue weighted by atomic mass is 10.0. The van der Waals surface area contributed by atoms with E-state index in [-0.39, 0.29) is 5.69 Å². The number of benzene rings is 2. The largest absolute Gasteiger partial charge is 0.493 e. The summed E-state index contributed by atoms with van der Waals surface area (Å²) in [6, 6.07) is 11.8. The number of aromatic nitrogens is 1. The van der Waals surface area contributed by atoms with E-state index in [0.29, 0.717) is 40.8 Å². The minimum Gasteiger partial charge on any atom is -0.493 e. The molecule has 23 heavy (non-hydrogen) atoms. The number of nitrogens with one attached hydrogen (secondary N) is 1. The highest BCUT2D eigenvalue weighted by Crippen LogP contribution is 2.36. The van der Waals surface area contributed by atoms with Gasteiger partial charge in [-0.25, -0.2) is 0 Å². The van der Waals surface area contributed by atoms with Gasteiger partial charge in [-0.15, -0.1) is 0 Å². The lowest BCUT2D eigenvalue weighted by Gasteiger charge is -2.09. The summed E-state index contributed by atoms with van der Waals surface area (Å²) < 4.78 is 5.60. The van der Waals surface area contributed by atoms with Crippen LogP contribution in [0.15, 0.2) is 42.5 Å². The summed E-state index contributed by atoms with van der Waals surface area (Å²) in [5, 5.41) is 11.5. The minimum atomic E-state index is -0.477. The van der Waals surface area contributed by atoms with E-state index in [0.717, 1.165) is 5.56 Å². The number of aromatic amines is 1. The molecule has 6 heteroatoms. The molecule has 0 fully saturated rings. The molecule has 0 radical (unpaired) electrons. The van der Waals surface area contributed by atoms with Crippen molar-refractivity contribution in [3.05, 3.63) is 58.1 Å². The highest BCUT2D eigenvalue weighted by molar-refractivity contribution is 6.05. The number of H-pyrrole nitrogens is 1. The van der Waals surface area contributed by atoms with Gasteiger partial charge in [-0.3, -0.25) is 14.9 Å². The van der Waals surface area contributed by atoms with Crippen LogP contribution in [0.3, 0.4) is 0 Å². The minimum absolute atomic E-state index is 0.0516. The molecule has 0 atom stereocenters. The van der Waals surface area contributed by atoms with Gasteiger partial charge >= 0.3 is 0 Å². The van der Waals surface area contributed by atoms with Gasteiger partial charge < -0.3 is 9.72 Å². The maximum atomic E-state index is 11.6. The number of nitro groups is 1. The molecule has 2 aromatic carbocycles. The van der Waals surface area contributed by atoms with Crippen LogP contribution in [0.2, 0.25) is 0 Å². The lowest BCUT2D eigenvalue weighted by Crippen LogP contribution is -1.95. The van der Waals surface area contributed by atoms with Crippen LogP contribution in [0.4, 0.5) is 5.69 Å². The Bertz CT molecular complexity index is 899. The summed E-state index contributed by atoms with van der Waals surface area (Å²) in [6.45, 7) is 2.38. The van der Waals surface area contributed by atoms with E-state index in [1.54, 1.807) is 6.07 Å². The number of non-ortho nitro benzene ring substituents is 1. The zero-order valence-electron chi connectivity index (χ0n) is 12.4. The molecule has 116 valence electrons. The first-order valence-corrected chi connectivity index (χ1v) is 7.13. The number of carbonyl (C=O) groups is 1. The molecule has 0 aliphatic heterocycles. The van der Waals surface area contributed by atoms with Crippen LogP contribution in [0.5, 0.6) is 5.75 Å². The van der Waals surface area contributed by atoms with Crippen molar-refractivity contribution in [3.8, 4) is 17.0 Å². The van der Waals surface area contributed by atoms with Crippen LogP contribution in [-0.4, -0.2) is 22.8 Å². The molecule has 0 bridgehead atoms. The maximum absolute atomic E-state index is 11.6. The van der Waals surface area contributed by atoms with Gasteiger partial charge in [-0.1, -0.05) is 12.1 Å². The monoisotopic (exact) mass is 310 g/mol. The van der Waals surface area contributed by atoms with Crippen LogP contribution < -0.4 is 4.74 Å². The number of aldehydes is 1. The molecule has 6 nitrogen and oxygen atoms in total. The van der Waals surface area contributed by atoms with Crippen molar-refractivity contribution in [2.75, 3.05) is 6.61 Å². The van der Waals surface area contributed by atoms with E-state index in [1.165, 1.54) is 12.1 Å². The van der Waals surface area contributed by atoms with Crippen molar-refractivity contribution in [1.29, 1.82) is 0 Å². The summed E-state index contributed by atoms with van der Waals surface area (Å²) in [7, 11) is 0. The second-order valence-electron chi connectivity index (χ2n) is 4.95. The molecule has 1 N–H and O–H groups in total. The molecule has 0 amide bonds. The number of para-hydroxylation sites is 1. The normalized spacial score (nSPS) is 10.7. The fourth-order valence-corrected chi connectivity index (χ4v) is 2.60. The number of fused-ring (bicyclic) bond motifs is 1. The van der Waals surface area contributed by atoms with Crippen molar-refractivity contribution in [3.63, 3.8) is 0 Å². The SMILES string of the molecule is CCOc1ccccc1-c1[nH]c2ccc([N+](=O)[O-])cc2c1C=O. The number of hydrogen-bond acceptors (Lipinski definition) is 4. The van der Waals surface area contributed by atoms with Gasteiger partial charge in [0.2, 0.25) is 0 Å². The molecule has 0 unspecified atom stereocenters. The molecule has 0 spiro atoms. The third-order valence-electron chi connectivity index (χ3n) is 3.61. The first kappa shape index (κ1) is 14.8. The summed E-state index contributed by atoms with van der Waals surface area (Å²) >= 11 is 0. The fraction of sp³-hybridized carbons (Fsp3) is 0.118. The topological polar surface area (TPSA) is 85.2 Å². The van der Waals surface area contributed by atoms with Crippen molar-refractivity contribution in [2.45, 2.75) is 6.92 Å². The Labute approximate surface area is 131 Å². The quantitative estimate of drug-likeness (QED) is 0.439. The molecule has 3 aromatic rings. The molecule has 0 saturated heterocycles. The van der Waals surface area contributed by atoms with E-state index < -0.39 is 4.92 Å². The first-order valence-electron chi connectivity index (χ1n) is 7.13. The van der Waals surface area contributed by atoms with Gasteiger partial charge in [0, 0.05) is 34.2 Å². The smallest absolute Gasteiger partial charge is 0.270 e. The standard InChI is InChI=1S/C17H14N2O4/c1-2-23-16-6-4-3-5-12(16)17-14(10-20)13-9-11(19(21)22)7-8-15(13)18-17/h3-10,18H,2H2,1H3. The van der Waals surface area contributed by atoms with Gasteiger partial charge in [0.1, 0.15) is 5.75 Å². The molecule has 3 rings (SSSR count). The van der Waals surface area contributed by atoms with Crippen LogP contribution in [0, 0.1) is 10.1 Å². The van der Waals surface area contributed by atoms with E-state index in [4.69, 9.17) is 4.74 Å². The average Bonchev–Trinajstić information content (AvgIpc) is 2.93. The number of ether oxygens (including phenoxy) is 1. The van der Waals surface area contributed by atoms with Crippen molar-refractivity contribution in [2.24, 2.45) is 0 Å². The molecule has 0 aliphatic rings. The van der Waals surface area contributed by atoms with E-state index in [2.05, 4.69) is 4.98 Å². The number of hydrogen-bond donors (Lipinski definition) is 1. The predicted octanol–water partition coefficient (Wildman–Crippen LogP) is 3.95. The van der Waals surface area contributed by atoms with Crippen molar-refractivity contribution >= 4 is 22.9 Å². The fourth-order valence-electron chi connectivity index (χ4n) is 2.60. The van der Waals surface area contributed by atoms with Crippen LogP contribution in [0.25, 0.3) is 22.2 Å². The number of carbonyl (C=O) groups excluding carboxylic acids is 1. The Morgan fingerprint density at radius 3 is 2.74 bits per heavy atom. The number of nitro benzene ring substituents is 1. The Morgan fingerprint density at radius 2 is 2.04 bits per heavy atom. The number of nitrogens with zero attached hydrogens (tertiary/aromatic N) is 1. The third kappa shape index (κ3) is 2.55. The molecule has 0 aliphatic carbocycles. The van der Waals surface area contributed by atoms with Crippen LogP contribution >= 0.6 is 0 Å². The maximum Gasteiger partial charge on any atom is 0.270 e. The Balaban J connectivity index is 2.26. The molecule has 1 aromatic heterocycles. The van der Waals surface area contributed by atoms with E-state index in [9.17, 15) is 14.9 Å². The molecular formula is C17H14N2O4. The third-order valence-corrected chi connectivity index (χ3v) is 3.61. The number of rotatable bonds is 5. The molecular weight excluding hydrogens is 296 g/mol. The Hall–Kier alpha value is -3.15. The second kappa shape index (κ2) is 5.92. The van der Waals surface area contributed by atoms with E-state index >= 15 is 0 Å². The summed E-state index contributed by atoms with van der Waals surface area (Å²) in [5.74, 6) is 0.652. The van der Waals surface area contributed by atoms with Gasteiger partial charge in [-0.05, 0) is 25.1 Å². The van der Waals surface area contributed by atoms with Gasteiger partial charge in [-0.2, -0.15) is 0 Å². The highest BCUT2D eigenvalue weighted by atomic mass is 16.6. The summed E-state index contributed by atoms with van der Waals surface area (Å²) in [6.07, 6.45) is 0.709. The highest BCUT2D eigenvalue weighted by Gasteiger charge is 2.18. The van der Waals surface area contributed by atoms with Crippen molar-refractivity contribution in [1.82, 2.24) is 4.98 Å². The average molecular weight is 310 g/mol. The van der Waals surface area contributed by atoms with Crippen LogP contribution in [0.1, 0.15) is 17.3 Å². The van der Waals surface area contributed by atoms with Gasteiger partial charge in [0.05, 0.1) is 17.2 Å². The zero-order chi connectivity index (χ0) is 16.4. The van der Waals surface area contributed by atoms with Gasteiger partial charge in [0.15, 0.2) is 6.29 Å². The van der Waals surface area contributed by atoms with Crippen molar-refractivity contribution < 1.29 is 14.5 Å². The summed E-state index contributed by atoms with van der Waals surface area (Å²) in [4.78, 5) is 25.2. The first-order chi connectivity index (χ1) is 11.2. The Morgan fingerprint density at radius 1 is 1.26 bits per heavy atom. The Kier molecular flexibility index (Phi) is 3.80. The predicted molar refractivity (Wildman–Crippen MR) is 86.9 cm³/mol.